The molecule has 2 rings (SSSR count). The smallest absolute Gasteiger partial charge is 0.242 e. The van der Waals surface area contributed by atoms with Crippen molar-refractivity contribution in [2.45, 2.75) is 20.0 Å². The van der Waals surface area contributed by atoms with E-state index in [1.54, 1.807) is 0 Å². The van der Waals surface area contributed by atoms with Gasteiger partial charge in [-0.25, -0.2) is 4.98 Å². The van der Waals surface area contributed by atoms with Gasteiger partial charge in [-0.15, -0.1) is 0 Å². The van der Waals surface area contributed by atoms with E-state index in [2.05, 4.69) is 19.8 Å². The molecule has 7 nitrogen and oxygen atoms in total. The Balaban J connectivity index is 2.06. The molecule has 0 aromatic carbocycles. The van der Waals surface area contributed by atoms with Crippen LogP contribution in [0.3, 0.4) is 0 Å². The number of piperazine rings is 1. The molecule has 112 valence electrons. The molecule has 0 bridgehead atoms. The van der Waals surface area contributed by atoms with Gasteiger partial charge >= 0.3 is 0 Å². The summed E-state index contributed by atoms with van der Waals surface area (Å²) in [7, 11) is 0. The third-order valence-corrected chi connectivity index (χ3v) is 3.26. The first-order valence-corrected chi connectivity index (χ1v) is 6.97. The molecular formula is C13H23N5O2. The zero-order chi connectivity index (χ0) is 14.5. The van der Waals surface area contributed by atoms with Crippen molar-refractivity contribution in [2.24, 2.45) is 0 Å². The molecule has 1 aromatic rings. The highest BCUT2D eigenvalue weighted by molar-refractivity contribution is 5.67. The van der Waals surface area contributed by atoms with Crippen molar-refractivity contribution in [3.8, 4) is 5.88 Å². The number of anilines is 2. The first-order valence-electron chi connectivity index (χ1n) is 6.97. The highest BCUT2D eigenvalue weighted by Crippen LogP contribution is 2.29. The number of nitrogen functional groups attached to an aromatic ring is 1. The van der Waals surface area contributed by atoms with Crippen LogP contribution in [0, 0.1) is 0 Å². The summed E-state index contributed by atoms with van der Waals surface area (Å²) in [6, 6.07) is 0. The van der Waals surface area contributed by atoms with Crippen molar-refractivity contribution >= 4 is 11.5 Å². The van der Waals surface area contributed by atoms with Crippen molar-refractivity contribution < 1.29 is 9.84 Å². The Morgan fingerprint density at radius 2 is 2.00 bits per heavy atom. The lowest BCUT2D eigenvalue weighted by Gasteiger charge is -2.35. The third-order valence-electron chi connectivity index (χ3n) is 3.26. The lowest BCUT2D eigenvalue weighted by atomic mass is 10.3. The van der Waals surface area contributed by atoms with Gasteiger partial charge in [-0.1, -0.05) is 0 Å². The van der Waals surface area contributed by atoms with E-state index in [0.29, 0.717) is 11.6 Å². The fourth-order valence-electron chi connectivity index (χ4n) is 2.26. The van der Waals surface area contributed by atoms with Gasteiger partial charge < -0.3 is 20.5 Å². The summed E-state index contributed by atoms with van der Waals surface area (Å²) in [5.74, 6) is 1.18. The van der Waals surface area contributed by atoms with E-state index in [4.69, 9.17) is 15.6 Å². The summed E-state index contributed by atoms with van der Waals surface area (Å²) in [5, 5.41) is 8.95. The predicted octanol–water partition coefficient (Wildman–Crippen LogP) is -0.0397. The first-order chi connectivity index (χ1) is 9.61. The minimum Gasteiger partial charge on any atom is -0.473 e. The van der Waals surface area contributed by atoms with Crippen LogP contribution in [0.15, 0.2) is 6.33 Å². The second-order valence-corrected chi connectivity index (χ2v) is 5.14. The van der Waals surface area contributed by atoms with E-state index in [1.165, 1.54) is 6.33 Å². The van der Waals surface area contributed by atoms with E-state index in [1.807, 2.05) is 13.8 Å². The molecule has 0 spiro atoms. The summed E-state index contributed by atoms with van der Waals surface area (Å²) in [4.78, 5) is 12.7. The average molecular weight is 281 g/mol. The van der Waals surface area contributed by atoms with E-state index < -0.39 is 0 Å². The van der Waals surface area contributed by atoms with Crippen molar-refractivity contribution in [2.75, 3.05) is 50.0 Å². The van der Waals surface area contributed by atoms with Crippen LogP contribution in [-0.2, 0) is 0 Å². The van der Waals surface area contributed by atoms with Crippen molar-refractivity contribution in [3.63, 3.8) is 0 Å². The highest BCUT2D eigenvalue weighted by atomic mass is 16.5. The standard InChI is InChI=1S/C13H23N5O2/c1-10(2)20-13-11(14)12(15-9-16-13)18-5-3-17(4-6-18)7-8-19/h9-10,19H,3-8,14H2,1-2H3. The number of ether oxygens (including phenoxy) is 1. The average Bonchev–Trinajstić information content (AvgIpc) is 2.42. The zero-order valence-corrected chi connectivity index (χ0v) is 12.1. The van der Waals surface area contributed by atoms with Gasteiger partial charge in [0.1, 0.15) is 12.0 Å². The van der Waals surface area contributed by atoms with Crippen molar-refractivity contribution in [3.05, 3.63) is 6.33 Å². The number of nitrogens with zero attached hydrogens (tertiary/aromatic N) is 4. The highest BCUT2D eigenvalue weighted by Gasteiger charge is 2.21. The van der Waals surface area contributed by atoms with Crippen LogP contribution in [0.2, 0.25) is 0 Å². The second-order valence-electron chi connectivity index (χ2n) is 5.14. The number of aromatic nitrogens is 2. The van der Waals surface area contributed by atoms with Gasteiger partial charge in [-0.2, -0.15) is 4.98 Å². The van der Waals surface area contributed by atoms with Gasteiger partial charge in [0, 0.05) is 32.7 Å². The predicted molar refractivity (Wildman–Crippen MR) is 77.9 cm³/mol. The molecule has 0 saturated carbocycles. The fraction of sp³-hybridized carbons (Fsp3) is 0.692. The topological polar surface area (TPSA) is 87.7 Å². The zero-order valence-electron chi connectivity index (χ0n) is 12.1. The number of hydrogen-bond donors (Lipinski definition) is 2. The summed E-state index contributed by atoms with van der Waals surface area (Å²) in [6.07, 6.45) is 1.52. The van der Waals surface area contributed by atoms with Gasteiger partial charge in [0.05, 0.1) is 12.7 Å². The molecule has 1 aliphatic rings. The van der Waals surface area contributed by atoms with E-state index in [-0.39, 0.29) is 12.7 Å². The van der Waals surface area contributed by atoms with Crippen LogP contribution >= 0.6 is 0 Å². The Labute approximate surface area is 119 Å². The molecular weight excluding hydrogens is 258 g/mol. The number of rotatable bonds is 5. The van der Waals surface area contributed by atoms with Gasteiger partial charge in [0.15, 0.2) is 5.82 Å². The molecule has 0 atom stereocenters. The van der Waals surface area contributed by atoms with Crippen LogP contribution < -0.4 is 15.4 Å². The van der Waals surface area contributed by atoms with Crippen LogP contribution in [0.4, 0.5) is 11.5 Å². The molecule has 0 amide bonds. The molecule has 0 aliphatic carbocycles. The maximum atomic E-state index is 8.95. The van der Waals surface area contributed by atoms with Gasteiger partial charge in [-0.3, -0.25) is 4.90 Å². The van der Waals surface area contributed by atoms with E-state index >= 15 is 0 Å². The Bertz CT molecular complexity index is 433. The molecule has 1 aromatic heterocycles. The SMILES string of the molecule is CC(C)Oc1ncnc(N2CCN(CCO)CC2)c1N. The number of aliphatic hydroxyl groups is 1. The first kappa shape index (κ1) is 14.8. The minimum atomic E-state index is 0.0291. The molecule has 7 heteroatoms. The van der Waals surface area contributed by atoms with Crippen LogP contribution in [0.25, 0.3) is 0 Å². The quantitative estimate of drug-likeness (QED) is 0.783. The summed E-state index contributed by atoms with van der Waals surface area (Å²) in [5.41, 5.74) is 6.61. The molecule has 1 aliphatic heterocycles. The van der Waals surface area contributed by atoms with Gasteiger partial charge in [0.25, 0.3) is 0 Å². The monoisotopic (exact) mass is 281 g/mol. The molecule has 0 unspecified atom stereocenters. The van der Waals surface area contributed by atoms with E-state index in [9.17, 15) is 0 Å². The lowest BCUT2D eigenvalue weighted by molar-refractivity contribution is 0.188. The number of aliphatic hydroxyl groups excluding tert-OH is 1. The second kappa shape index (κ2) is 6.71. The van der Waals surface area contributed by atoms with Crippen LogP contribution in [0.1, 0.15) is 13.8 Å². The van der Waals surface area contributed by atoms with Crippen molar-refractivity contribution in [1.82, 2.24) is 14.9 Å². The maximum Gasteiger partial charge on any atom is 0.242 e. The van der Waals surface area contributed by atoms with Gasteiger partial charge in [-0.05, 0) is 13.8 Å². The molecule has 1 saturated heterocycles. The Hall–Kier alpha value is -1.60. The number of β-amino-alcohol motifs (C(OH)–C–C–N with tert-alkyl or cyclic N) is 1. The summed E-state index contributed by atoms with van der Waals surface area (Å²) in [6.45, 7) is 8.25. The Morgan fingerprint density at radius 3 is 2.60 bits per heavy atom. The molecule has 20 heavy (non-hydrogen) atoms. The van der Waals surface area contributed by atoms with Crippen LogP contribution in [0.5, 0.6) is 5.88 Å². The Morgan fingerprint density at radius 1 is 1.30 bits per heavy atom. The molecule has 1 fully saturated rings. The fourth-order valence-corrected chi connectivity index (χ4v) is 2.26. The van der Waals surface area contributed by atoms with E-state index in [0.717, 1.165) is 38.5 Å². The Kier molecular flexibility index (Phi) is 4.97. The minimum absolute atomic E-state index is 0.0291. The summed E-state index contributed by atoms with van der Waals surface area (Å²) < 4.78 is 5.59. The van der Waals surface area contributed by atoms with Gasteiger partial charge in [0.2, 0.25) is 5.88 Å². The largest absolute Gasteiger partial charge is 0.473 e. The summed E-state index contributed by atoms with van der Waals surface area (Å²) >= 11 is 0. The molecule has 0 radical (unpaired) electrons. The molecule has 2 heterocycles. The van der Waals surface area contributed by atoms with Crippen molar-refractivity contribution in [1.29, 1.82) is 0 Å². The van der Waals surface area contributed by atoms with Crippen LogP contribution in [-0.4, -0.2) is 65.4 Å². The number of hydrogen-bond acceptors (Lipinski definition) is 7. The normalized spacial score (nSPS) is 16.7. The maximum absolute atomic E-state index is 8.95. The molecule has 3 N–H and O–H groups in total. The number of nitrogens with two attached hydrogens (primary N) is 1. The lowest BCUT2D eigenvalue weighted by Crippen LogP contribution is -2.47. The third kappa shape index (κ3) is 3.49.